The van der Waals surface area contributed by atoms with Crippen molar-refractivity contribution in [1.82, 2.24) is 20.4 Å². The Balaban J connectivity index is 1.51. The largest absolute Gasteiger partial charge is 0.421 e. The van der Waals surface area contributed by atoms with Crippen molar-refractivity contribution in [2.45, 2.75) is 46.7 Å². The average Bonchev–Trinajstić information content (AvgIpc) is 3.24. The van der Waals surface area contributed by atoms with Gasteiger partial charge in [0.2, 0.25) is 17.7 Å². The fraction of sp³-hybridized carbons (Fsp3) is 0.375. The molecule has 0 bridgehead atoms. The van der Waals surface area contributed by atoms with E-state index in [9.17, 15) is 4.79 Å². The van der Waals surface area contributed by atoms with Crippen LogP contribution in [0.25, 0.3) is 11.5 Å². The van der Waals surface area contributed by atoms with Gasteiger partial charge in [0.25, 0.3) is 0 Å². The van der Waals surface area contributed by atoms with Gasteiger partial charge in [0.05, 0.1) is 0 Å². The average molecular weight is 407 g/mol. The van der Waals surface area contributed by atoms with Crippen molar-refractivity contribution in [3.63, 3.8) is 0 Å². The normalized spacial score (nSPS) is 11.1. The van der Waals surface area contributed by atoms with Crippen LogP contribution in [0.3, 0.4) is 0 Å². The van der Waals surface area contributed by atoms with Crippen molar-refractivity contribution >= 4 is 5.91 Å². The molecule has 2 aromatic carbocycles. The minimum absolute atomic E-state index is 0.0253. The second kappa shape index (κ2) is 10.7. The third kappa shape index (κ3) is 6.00. The van der Waals surface area contributed by atoms with Crippen molar-refractivity contribution in [3.8, 4) is 11.5 Å². The van der Waals surface area contributed by atoms with E-state index in [1.165, 1.54) is 11.1 Å². The molecule has 0 saturated heterocycles. The lowest BCUT2D eigenvalue weighted by molar-refractivity contribution is -0.121. The fourth-order valence-electron chi connectivity index (χ4n) is 3.24. The summed E-state index contributed by atoms with van der Waals surface area (Å²) in [5.41, 5.74) is 4.46. The van der Waals surface area contributed by atoms with Crippen molar-refractivity contribution in [1.29, 1.82) is 0 Å². The maximum atomic E-state index is 12.3. The molecule has 0 fully saturated rings. The number of rotatable bonds is 10. The predicted molar refractivity (Wildman–Crippen MR) is 118 cm³/mol. The number of hydrogen-bond donors (Lipinski definition) is 1. The van der Waals surface area contributed by atoms with E-state index in [4.69, 9.17) is 4.42 Å². The summed E-state index contributed by atoms with van der Waals surface area (Å²) in [5, 5.41) is 11.2. The van der Waals surface area contributed by atoms with E-state index in [0.717, 1.165) is 30.8 Å². The Hall–Kier alpha value is -2.99. The van der Waals surface area contributed by atoms with Crippen LogP contribution in [0.15, 0.2) is 52.9 Å². The van der Waals surface area contributed by atoms with Gasteiger partial charge in [-0.25, -0.2) is 0 Å². The summed E-state index contributed by atoms with van der Waals surface area (Å²) in [7, 11) is 0. The third-order valence-electron chi connectivity index (χ3n) is 5.21. The highest BCUT2D eigenvalue weighted by molar-refractivity contribution is 5.76. The number of nitrogens with one attached hydrogen (secondary N) is 1. The lowest BCUT2D eigenvalue weighted by Crippen LogP contribution is -2.26. The third-order valence-corrected chi connectivity index (χ3v) is 5.21. The zero-order valence-corrected chi connectivity index (χ0v) is 18.0. The molecule has 1 N–H and O–H groups in total. The molecule has 1 amide bonds. The molecular formula is C24H30N4O2. The van der Waals surface area contributed by atoms with Crippen LogP contribution in [0.5, 0.6) is 0 Å². The Labute approximate surface area is 178 Å². The maximum Gasteiger partial charge on any atom is 0.247 e. The number of carbonyl (C=O) groups is 1. The van der Waals surface area contributed by atoms with Crippen LogP contribution in [0, 0.1) is 6.92 Å². The second-order valence-corrected chi connectivity index (χ2v) is 7.37. The van der Waals surface area contributed by atoms with Crippen LogP contribution in [-0.4, -0.2) is 34.1 Å². The molecule has 3 aromatic rings. The molecule has 158 valence electrons. The summed E-state index contributed by atoms with van der Waals surface area (Å²) < 4.78 is 5.70. The Kier molecular flexibility index (Phi) is 7.74. The molecule has 0 aliphatic rings. The van der Waals surface area contributed by atoms with E-state index >= 15 is 0 Å². The molecule has 0 aliphatic carbocycles. The van der Waals surface area contributed by atoms with Crippen LogP contribution in [0.1, 0.15) is 42.8 Å². The zero-order chi connectivity index (χ0) is 21.3. The van der Waals surface area contributed by atoms with Crippen molar-refractivity contribution < 1.29 is 9.21 Å². The lowest BCUT2D eigenvalue weighted by atomic mass is 10.1. The van der Waals surface area contributed by atoms with Gasteiger partial charge in [0, 0.05) is 31.5 Å². The number of hydrogen-bond acceptors (Lipinski definition) is 5. The van der Waals surface area contributed by atoms with Gasteiger partial charge < -0.3 is 9.73 Å². The maximum absolute atomic E-state index is 12.3. The standard InChI is InChI=1S/C24H30N4O2/c1-4-28(5-2)17-21-9-7-6-8-20(21)16-25-22(29)14-15-23-26-27-24(30-23)19-12-10-18(3)11-13-19/h6-13H,4-5,14-17H2,1-3H3,(H,25,29). The summed E-state index contributed by atoms with van der Waals surface area (Å²) in [6.45, 7) is 9.78. The first-order chi connectivity index (χ1) is 14.6. The van der Waals surface area contributed by atoms with E-state index < -0.39 is 0 Å². The van der Waals surface area contributed by atoms with Crippen LogP contribution < -0.4 is 5.32 Å². The number of aromatic nitrogens is 2. The number of benzene rings is 2. The molecule has 1 aromatic heterocycles. The second-order valence-electron chi connectivity index (χ2n) is 7.37. The quantitative estimate of drug-likeness (QED) is 0.548. The van der Waals surface area contributed by atoms with E-state index in [1.54, 1.807) is 0 Å². The summed E-state index contributed by atoms with van der Waals surface area (Å²) in [4.78, 5) is 14.7. The molecule has 0 atom stereocenters. The summed E-state index contributed by atoms with van der Waals surface area (Å²) in [6, 6.07) is 16.2. The minimum Gasteiger partial charge on any atom is -0.421 e. The van der Waals surface area contributed by atoms with Gasteiger partial charge in [-0.3, -0.25) is 9.69 Å². The Morgan fingerprint density at radius 1 is 1.00 bits per heavy atom. The monoisotopic (exact) mass is 406 g/mol. The van der Waals surface area contributed by atoms with Gasteiger partial charge in [-0.15, -0.1) is 10.2 Å². The fourth-order valence-corrected chi connectivity index (χ4v) is 3.24. The first-order valence-electron chi connectivity index (χ1n) is 10.5. The van der Waals surface area contributed by atoms with Gasteiger partial charge in [0.1, 0.15) is 0 Å². The van der Waals surface area contributed by atoms with Crippen molar-refractivity contribution in [2.24, 2.45) is 0 Å². The van der Waals surface area contributed by atoms with Crippen molar-refractivity contribution in [3.05, 3.63) is 71.1 Å². The first-order valence-corrected chi connectivity index (χ1v) is 10.5. The van der Waals surface area contributed by atoms with Crippen LogP contribution >= 0.6 is 0 Å². The summed E-state index contributed by atoms with van der Waals surface area (Å²) >= 11 is 0. The molecule has 3 rings (SSSR count). The van der Waals surface area contributed by atoms with Gasteiger partial charge >= 0.3 is 0 Å². The molecule has 0 radical (unpaired) electrons. The Morgan fingerprint density at radius 2 is 1.70 bits per heavy atom. The summed E-state index contributed by atoms with van der Waals surface area (Å²) in [5.74, 6) is 0.932. The van der Waals surface area contributed by atoms with Crippen LogP contribution in [-0.2, 0) is 24.3 Å². The van der Waals surface area contributed by atoms with Gasteiger partial charge in [-0.05, 0) is 43.3 Å². The van der Waals surface area contributed by atoms with E-state index in [1.807, 2.05) is 43.3 Å². The highest BCUT2D eigenvalue weighted by Crippen LogP contribution is 2.18. The highest BCUT2D eigenvalue weighted by atomic mass is 16.4. The van der Waals surface area contributed by atoms with Gasteiger partial charge in [0.15, 0.2) is 0 Å². The van der Waals surface area contributed by atoms with E-state index in [0.29, 0.717) is 31.2 Å². The lowest BCUT2D eigenvalue weighted by Gasteiger charge is -2.20. The first kappa shape index (κ1) is 21.7. The van der Waals surface area contributed by atoms with E-state index in [-0.39, 0.29) is 5.91 Å². The van der Waals surface area contributed by atoms with Crippen molar-refractivity contribution in [2.75, 3.05) is 13.1 Å². The Morgan fingerprint density at radius 3 is 2.40 bits per heavy atom. The molecule has 0 spiro atoms. The molecule has 6 nitrogen and oxygen atoms in total. The predicted octanol–water partition coefficient (Wildman–Crippen LogP) is 4.14. The zero-order valence-electron chi connectivity index (χ0n) is 18.0. The minimum atomic E-state index is -0.0253. The van der Waals surface area contributed by atoms with Gasteiger partial charge in [-0.2, -0.15) is 0 Å². The molecule has 0 aliphatic heterocycles. The van der Waals surface area contributed by atoms with Gasteiger partial charge in [-0.1, -0.05) is 55.8 Å². The topological polar surface area (TPSA) is 71.3 Å². The van der Waals surface area contributed by atoms with Crippen LogP contribution in [0.2, 0.25) is 0 Å². The van der Waals surface area contributed by atoms with Crippen LogP contribution in [0.4, 0.5) is 0 Å². The molecule has 0 saturated carbocycles. The smallest absolute Gasteiger partial charge is 0.247 e. The molecule has 1 heterocycles. The number of amides is 1. The van der Waals surface area contributed by atoms with E-state index in [2.05, 4.69) is 46.4 Å². The number of carbonyl (C=O) groups excluding carboxylic acids is 1. The number of nitrogens with zero attached hydrogens (tertiary/aromatic N) is 3. The molecular weight excluding hydrogens is 376 g/mol. The Bertz CT molecular complexity index is 946. The summed E-state index contributed by atoms with van der Waals surface area (Å²) in [6.07, 6.45) is 0.736. The molecule has 6 heteroatoms. The highest BCUT2D eigenvalue weighted by Gasteiger charge is 2.11. The molecule has 0 unspecified atom stereocenters. The number of aryl methyl sites for hydroxylation is 2. The molecule has 30 heavy (non-hydrogen) atoms. The SMILES string of the molecule is CCN(CC)Cc1ccccc1CNC(=O)CCc1nnc(-c2ccc(C)cc2)o1.